The normalized spacial score (nSPS) is 16.6. The summed E-state index contributed by atoms with van der Waals surface area (Å²) in [6.45, 7) is 1.04. The fraction of sp³-hybridized carbons (Fsp3) is 0.222. The Balaban J connectivity index is 1.85. The summed E-state index contributed by atoms with van der Waals surface area (Å²) in [6.07, 6.45) is -5.46. The lowest BCUT2D eigenvalue weighted by molar-refractivity contribution is -0.137. The number of para-hydroxylation sites is 1. The molecule has 1 unspecified atom stereocenters. The molecule has 0 aromatic heterocycles. The number of nitrogens with one attached hydrogen (secondary N) is 1. The summed E-state index contributed by atoms with van der Waals surface area (Å²) in [5.41, 5.74) is -1.07. The van der Waals surface area contributed by atoms with E-state index in [2.05, 4.69) is 5.32 Å². The number of carbonyl (C=O) groups is 2. The predicted molar refractivity (Wildman–Crippen MR) is 94.0 cm³/mol. The van der Waals surface area contributed by atoms with Gasteiger partial charge in [-0.1, -0.05) is 23.7 Å². The molecular formula is C18H14ClF3N2O3. The molecule has 3 rings (SSSR count). The van der Waals surface area contributed by atoms with Crippen molar-refractivity contribution in [2.24, 2.45) is 0 Å². The van der Waals surface area contributed by atoms with Crippen LogP contribution in [0.25, 0.3) is 0 Å². The Labute approximate surface area is 157 Å². The highest BCUT2D eigenvalue weighted by atomic mass is 35.5. The number of nitrogens with zero attached hydrogens (tertiary/aromatic N) is 1. The minimum Gasteiger partial charge on any atom is -0.479 e. The molecule has 5 nitrogen and oxygen atoms in total. The molecule has 2 amide bonds. The Bertz CT molecular complexity index is 902. The smallest absolute Gasteiger partial charge is 0.418 e. The van der Waals surface area contributed by atoms with E-state index in [1.165, 1.54) is 25.1 Å². The van der Waals surface area contributed by atoms with Gasteiger partial charge in [-0.15, -0.1) is 0 Å². The number of halogens is 4. The molecule has 2 aromatic carbocycles. The van der Waals surface area contributed by atoms with Crippen molar-refractivity contribution in [3.05, 3.63) is 53.1 Å². The quantitative estimate of drug-likeness (QED) is 0.846. The second-order valence-electron chi connectivity index (χ2n) is 5.89. The fourth-order valence-electron chi connectivity index (χ4n) is 2.72. The number of ether oxygens (including phenoxy) is 1. The van der Waals surface area contributed by atoms with E-state index in [1.54, 1.807) is 12.1 Å². The fourth-order valence-corrected chi connectivity index (χ4v) is 2.88. The number of benzene rings is 2. The third-order valence-corrected chi connectivity index (χ3v) is 4.17. The van der Waals surface area contributed by atoms with E-state index in [0.717, 1.165) is 17.0 Å². The first-order chi connectivity index (χ1) is 12.7. The summed E-state index contributed by atoms with van der Waals surface area (Å²) in [4.78, 5) is 25.9. The zero-order valence-electron chi connectivity index (χ0n) is 14.0. The maximum Gasteiger partial charge on any atom is 0.418 e. The molecule has 0 bridgehead atoms. The van der Waals surface area contributed by atoms with Crippen LogP contribution in [-0.4, -0.2) is 24.5 Å². The van der Waals surface area contributed by atoms with Crippen LogP contribution in [0.15, 0.2) is 42.5 Å². The first-order valence-electron chi connectivity index (χ1n) is 7.90. The van der Waals surface area contributed by atoms with Gasteiger partial charge in [-0.25, -0.2) is 0 Å². The van der Waals surface area contributed by atoms with Crippen molar-refractivity contribution in [2.75, 3.05) is 16.8 Å². The molecule has 0 aliphatic carbocycles. The lowest BCUT2D eigenvalue weighted by Gasteiger charge is -2.32. The lowest BCUT2D eigenvalue weighted by atomic mass is 10.1. The average molecular weight is 399 g/mol. The van der Waals surface area contributed by atoms with Crippen LogP contribution in [0.3, 0.4) is 0 Å². The molecule has 1 heterocycles. The largest absolute Gasteiger partial charge is 0.479 e. The number of rotatable bonds is 3. The second kappa shape index (κ2) is 7.11. The number of amides is 2. The standard InChI is InChI=1S/C18H14ClF3N2O3/c1-10-17(26)24(14-8-11(19)6-7-15(14)27-10)9-16(25)23-13-5-3-2-4-12(13)18(20,21)22/h2-8,10H,9H2,1H3,(H,23,25). The summed E-state index contributed by atoms with van der Waals surface area (Å²) >= 11 is 5.94. The molecule has 0 radical (unpaired) electrons. The van der Waals surface area contributed by atoms with E-state index in [0.29, 0.717) is 10.8 Å². The molecule has 1 atom stereocenters. The third kappa shape index (κ3) is 4.00. The zero-order chi connectivity index (χ0) is 19.8. The Morgan fingerprint density at radius 1 is 1.26 bits per heavy atom. The SMILES string of the molecule is CC1Oc2ccc(Cl)cc2N(CC(=O)Nc2ccccc2C(F)(F)F)C1=O. The first-order valence-corrected chi connectivity index (χ1v) is 8.28. The Kier molecular flexibility index (Phi) is 5.01. The van der Waals surface area contributed by atoms with Crippen LogP contribution < -0.4 is 15.0 Å². The molecule has 0 spiro atoms. The van der Waals surface area contributed by atoms with E-state index in [1.807, 2.05) is 0 Å². The van der Waals surface area contributed by atoms with Crippen LogP contribution in [0.2, 0.25) is 5.02 Å². The first kappa shape index (κ1) is 19.0. The van der Waals surface area contributed by atoms with Gasteiger partial charge in [0.2, 0.25) is 5.91 Å². The summed E-state index contributed by atoms with van der Waals surface area (Å²) in [7, 11) is 0. The van der Waals surface area contributed by atoms with Gasteiger partial charge in [0.15, 0.2) is 6.10 Å². The van der Waals surface area contributed by atoms with Crippen molar-refractivity contribution in [3.8, 4) is 5.75 Å². The summed E-state index contributed by atoms with van der Waals surface area (Å²) in [5.74, 6) is -0.918. The van der Waals surface area contributed by atoms with Crippen molar-refractivity contribution in [1.82, 2.24) is 0 Å². The lowest BCUT2D eigenvalue weighted by Crippen LogP contribution is -2.47. The van der Waals surface area contributed by atoms with Crippen LogP contribution in [0.5, 0.6) is 5.75 Å². The highest BCUT2D eigenvalue weighted by Crippen LogP contribution is 2.37. The molecule has 0 fully saturated rings. The van der Waals surface area contributed by atoms with Crippen molar-refractivity contribution >= 4 is 34.8 Å². The molecule has 0 saturated carbocycles. The van der Waals surface area contributed by atoms with Crippen molar-refractivity contribution in [1.29, 1.82) is 0 Å². The van der Waals surface area contributed by atoms with Gasteiger partial charge in [0.1, 0.15) is 12.3 Å². The van der Waals surface area contributed by atoms with Crippen molar-refractivity contribution in [2.45, 2.75) is 19.2 Å². The van der Waals surface area contributed by atoms with Gasteiger partial charge in [-0.2, -0.15) is 13.2 Å². The molecule has 1 aliphatic heterocycles. The minimum absolute atomic E-state index is 0.282. The van der Waals surface area contributed by atoms with Crippen LogP contribution in [0.1, 0.15) is 12.5 Å². The van der Waals surface area contributed by atoms with Gasteiger partial charge in [-0.3, -0.25) is 14.5 Å². The number of hydrogen-bond acceptors (Lipinski definition) is 3. The molecular weight excluding hydrogens is 385 g/mol. The van der Waals surface area contributed by atoms with E-state index in [9.17, 15) is 22.8 Å². The number of hydrogen-bond donors (Lipinski definition) is 1. The molecule has 1 aliphatic rings. The highest BCUT2D eigenvalue weighted by Gasteiger charge is 2.35. The van der Waals surface area contributed by atoms with E-state index in [4.69, 9.17) is 16.3 Å². The van der Waals surface area contributed by atoms with Gasteiger partial charge in [-0.05, 0) is 37.3 Å². The van der Waals surface area contributed by atoms with Crippen molar-refractivity contribution < 1.29 is 27.5 Å². The van der Waals surface area contributed by atoms with Gasteiger partial charge in [0.05, 0.1) is 16.9 Å². The van der Waals surface area contributed by atoms with E-state index >= 15 is 0 Å². The predicted octanol–water partition coefficient (Wildman–Crippen LogP) is 4.11. The zero-order valence-corrected chi connectivity index (χ0v) is 14.8. The molecule has 9 heteroatoms. The van der Waals surface area contributed by atoms with Crippen LogP contribution >= 0.6 is 11.6 Å². The number of fused-ring (bicyclic) bond motifs is 1. The number of anilines is 2. The number of alkyl halides is 3. The number of carbonyl (C=O) groups excluding carboxylic acids is 2. The highest BCUT2D eigenvalue weighted by molar-refractivity contribution is 6.31. The van der Waals surface area contributed by atoms with Crippen LogP contribution in [0, 0.1) is 0 Å². The molecule has 2 aromatic rings. The maximum absolute atomic E-state index is 13.1. The topological polar surface area (TPSA) is 58.6 Å². The monoisotopic (exact) mass is 398 g/mol. The third-order valence-electron chi connectivity index (χ3n) is 3.94. The Hall–Kier alpha value is -2.74. The minimum atomic E-state index is -4.62. The summed E-state index contributed by atoms with van der Waals surface area (Å²) in [6, 6.07) is 9.20. The molecule has 1 N–H and O–H groups in total. The summed E-state index contributed by atoms with van der Waals surface area (Å²) in [5, 5.41) is 2.54. The molecule has 27 heavy (non-hydrogen) atoms. The Morgan fingerprint density at radius 2 is 1.96 bits per heavy atom. The second-order valence-corrected chi connectivity index (χ2v) is 6.32. The molecule has 142 valence electrons. The van der Waals surface area contributed by atoms with Gasteiger partial charge in [0, 0.05) is 5.02 Å². The summed E-state index contributed by atoms with van der Waals surface area (Å²) < 4.78 is 44.7. The van der Waals surface area contributed by atoms with Gasteiger partial charge < -0.3 is 10.1 Å². The van der Waals surface area contributed by atoms with E-state index in [-0.39, 0.29) is 11.4 Å². The van der Waals surface area contributed by atoms with Crippen molar-refractivity contribution in [3.63, 3.8) is 0 Å². The maximum atomic E-state index is 13.1. The van der Waals surface area contributed by atoms with Gasteiger partial charge in [0.25, 0.3) is 5.91 Å². The van der Waals surface area contributed by atoms with Gasteiger partial charge >= 0.3 is 6.18 Å². The average Bonchev–Trinajstić information content (AvgIpc) is 2.59. The Morgan fingerprint density at radius 3 is 2.67 bits per heavy atom. The molecule has 0 saturated heterocycles. The van der Waals surface area contributed by atoms with Crippen LogP contribution in [0.4, 0.5) is 24.5 Å². The van der Waals surface area contributed by atoms with Crippen LogP contribution in [-0.2, 0) is 15.8 Å². The van der Waals surface area contributed by atoms with E-state index < -0.39 is 36.2 Å².